The van der Waals surface area contributed by atoms with Crippen LogP contribution in [0.3, 0.4) is 0 Å². The predicted molar refractivity (Wildman–Crippen MR) is 97.8 cm³/mol. The summed E-state index contributed by atoms with van der Waals surface area (Å²) in [5.41, 5.74) is 2.19. The van der Waals surface area contributed by atoms with Crippen molar-refractivity contribution < 1.29 is 9.59 Å². The highest BCUT2D eigenvalue weighted by atomic mass is 32.2. The molecule has 0 fully saturated rings. The SMILES string of the molecule is CC(=O)Nc1ccc(C(=O)C(C)Sc2ncnc3ccsc23)cc1. The van der Waals surface area contributed by atoms with Crippen molar-refractivity contribution in [3.8, 4) is 0 Å². The average Bonchev–Trinajstić information content (AvgIpc) is 3.04. The van der Waals surface area contributed by atoms with Crippen molar-refractivity contribution in [1.29, 1.82) is 0 Å². The first-order chi connectivity index (χ1) is 11.5. The molecule has 5 nitrogen and oxygen atoms in total. The number of benzene rings is 1. The second-order valence-corrected chi connectivity index (χ2v) is 7.44. The van der Waals surface area contributed by atoms with E-state index in [4.69, 9.17) is 0 Å². The molecule has 0 aliphatic carbocycles. The second kappa shape index (κ2) is 7.11. The van der Waals surface area contributed by atoms with Crippen molar-refractivity contribution in [1.82, 2.24) is 9.97 Å². The summed E-state index contributed by atoms with van der Waals surface area (Å²) in [5, 5.41) is 5.21. The molecule has 1 atom stereocenters. The molecule has 0 bridgehead atoms. The van der Waals surface area contributed by atoms with Gasteiger partial charge in [0.15, 0.2) is 5.78 Å². The van der Waals surface area contributed by atoms with Gasteiger partial charge in [-0.25, -0.2) is 9.97 Å². The molecule has 7 heteroatoms. The highest BCUT2D eigenvalue weighted by molar-refractivity contribution is 8.00. The highest BCUT2D eigenvalue weighted by Crippen LogP contribution is 2.32. The van der Waals surface area contributed by atoms with Crippen molar-refractivity contribution in [2.75, 3.05) is 5.32 Å². The maximum atomic E-state index is 12.6. The number of Topliss-reactive ketones (excluding diaryl/α,β-unsaturated/α-hetero) is 1. The Hall–Kier alpha value is -2.25. The number of carbonyl (C=O) groups is 2. The van der Waals surface area contributed by atoms with Gasteiger partial charge in [-0.3, -0.25) is 9.59 Å². The minimum Gasteiger partial charge on any atom is -0.326 e. The maximum absolute atomic E-state index is 12.6. The van der Waals surface area contributed by atoms with Crippen molar-refractivity contribution in [2.24, 2.45) is 0 Å². The van der Waals surface area contributed by atoms with Gasteiger partial charge in [-0.2, -0.15) is 0 Å². The molecule has 0 aliphatic rings. The zero-order valence-electron chi connectivity index (χ0n) is 13.1. The third kappa shape index (κ3) is 3.63. The van der Waals surface area contributed by atoms with Gasteiger partial charge in [0.1, 0.15) is 11.4 Å². The molecule has 24 heavy (non-hydrogen) atoms. The second-order valence-electron chi connectivity index (χ2n) is 5.20. The van der Waals surface area contributed by atoms with Crippen LogP contribution in [0, 0.1) is 0 Å². The molecule has 1 unspecified atom stereocenters. The number of carbonyl (C=O) groups excluding carboxylic acids is 2. The van der Waals surface area contributed by atoms with Gasteiger partial charge < -0.3 is 5.32 Å². The Morgan fingerprint density at radius 3 is 2.62 bits per heavy atom. The molecule has 0 saturated carbocycles. The number of amides is 1. The maximum Gasteiger partial charge on any atom is 0.221 e. The molecule has 3 aromatic rings. The lowest BCUT2D eigenvalue weighted by molar-refractivity contribution is -0.114. The molecule has 122 valence electrons. The van der Waals surface area contributed by atoms with Gasteiger partial charge in [0, 0.05) is 18.2 Å². The Kier molecular flexibility index (Phi) is 4.92. The number of thioether (sulfide) groups is 1. The van der Waals surface area contributed by atoms with E-state index in [2.05, 4.69) is 15.3 Å². The van der Waals surface area contributed by atoms with Gasteiger partial charge >= 0.3 is 0 Å². The largest absolute Gasteiger partial charge is 0.326 e. The fourth-order valence-electron chi connectivity index (χ4n) is 2.23. The summed E-state index contributed by atoms with van der Waals surface area (Å²) < 4.78 is 1.00. The van der Waals surface area contributed by atoms with Crippen molar-refractivity contribution >= 4 is 50.7 Å². The minimum absolute atomic E-state index is 0.0256. The monoisotopic (exact) mass is 357 g/mol. The third-order valence-electron chi connectivity index (χ3n) is 3.36. The Balaban J connectivity index is 1.75. The summed E-state index contributed by atoms with van der Waals surface area (Å²) in [6.07, 6.45) is 1.52. The van der Waals surface area contributed by atoms with E-state index in [1.54, 1.807) is 35.6 Å². The molecular formula is C17H15N3O2S2. The van der Waals surface area contributed by atoms with E-state index in [1.807, 2.05) is 18.4 Å². The van der Waals surface area contributed by atoms with Gasteiger partial charge in [-0.1, -0.05) is 11.8 Å². The van der Waals surface area contributed by atoms with Crippen molar-refractivity contribution in [3.63, 3.8) is 0 Å². The highest BCUT2D eigenvalue weighted by Gasteiger charge is 2.19. The summed E-state index contributed by atoms with van der Waals surface area (Å²) >= 11 is 3.01. The van der Waals surface area contributed by atoms with Crippen LogP contribution < -0.4 is 5.32 Å². The van der Waals surface area contributed by atoms with Gasteiger partial charge in [0.25, 0.3) is 0 Å². The molecular weight excluding hydrogens is 342 g/mol. The van der Waals surface area contributed by atoms with Crippen LogP contribution >= 0.6 is 23.1 Å². The van der Waals surface area contributed by atoms with Crippen LogP contribution in [0.25, 0.3) is 10.2 Å². The smallest absolute Gasteiger partial charge is 0.221 e. The van der Waals surface area contributed by atoms with Gasteiger partial charge in [0.2, 0.25) is 5.91 Å². The predicted octanol–water partition coefficient (Wildman–Crippen LogP) is 4.01. The first kappa shape index (κ1) is 16.6. The number of fused-ring (bicyclic) bond motifs is 1. The Bertz CT molecular complexity index is 890. The Morgan fingerprint density at radius 1 is 1.17 bits per heavy atom. The van der Waals surface area contributed by atoms with Crippen LogP contribution in [-0.4, -0.2) is 26.9 Å². The summed E-state index contributed by atoms with van der Waals surface area (Å²) in [6, 6.07) is 8.86. The lowest BCUT2D eigenvalue weighted by atomic mass is 10.1. The van der Waals surface area contributed by atoms with E-state index in [0.717, 1.165) is 15.2 Å². The number of nitrogens with one attached hydrogen (secondary N) is 1. The summed E-state index contributed by atoms with van der Waals surface area (Å²) in [7, 11) is 0. The molecule has 1 amide bonds. The van der Waals surface area contributed by atoms with E-state index in [-0.39, 0.29) is 16.9 Å². The number of nitrogens with zero attached hydrogens (tertiary/aromatic N) is 2. The number of anilines is 1. The molecule has 0 radical (unpaired) electrons. The van der Waals surface area contributed by atoms with Gasteiger partial charge in [0.05, 0.1) is 15.5 Å². The summed E-state index contributed by atoms with van der Waals surface area (Å²) in [5.74, 6) is -0.112. The standard InChI is InChI=1S/C17H15N3O2S2/c1-10(24-17-16-14(7-8-23-16)18-9-19-17)15(22)12-3-5-13(6-4-12)20-11(2)21/h3-10H,1-2H3,(H,20,21). The topological polar surface area (TPSA) is 72.0 Å². The zero-order valence-corrected chi connectivity index (χ0v) is 14.8. The lowest BCUT2D eigenvalue weighted by Gasteiger charge is -2.11. The van der Waals surface area contributed by atoms with Crippen molar-refractivity contribution in [2.45, 2.75) is 24.1 Å². The van der Waals surface area contributed by atoms with Crippen LogP contribution in [0.2, 0.25) is 0 Å². The van der Waals surface area contributed by atoms with Crippen LogP contribution in [0.1, 0.15) is 24.2 Å². The number of hydrogen-bond acceptors (Lipinski definition) is 6. The quantitative estimate of drug-likeness (QED) is 0.424. The first-order valence-electron chi connectivity index (χ1n) is 7.31. The fraction of sp³-hybridized carbons (Fsp3) is 0.176. The van der Waals surface area contributed by atoms with Gasteiger partial charge in [-0.15, -0.1) is 11.3 Å². The van der Waals surface area contributed by atoms with E-state index >= 15 is 0 Å². The number of hydrogen-bond donors (Lipinski definition) is 1. The zero-order chi connectivity index (χ0) is 17.1. The van der Waals surface area contributed by atoms with E-state index in [0.29, 0.717) is 11.3 Å². The van der Waals surface area contributed by atoms with E-state index in [1.165, 1.54) is 25.0 Å². The average molecular weight is 357 g/mol. The Morgan fingerprint density at radius 2 is 1.92 bits per heavy atom. The van der Waals surface area contributed by atoms with E-state index < -0.39 is 0 Å². The molecule has 0 spiro atoms. The molecule has 1 aromatic carbocycles. The fourth-order valence-corrected chi connectivity index (χ4v) is 4.14. The van der Waals surface area contributed by atoms with Crippen LogP contribution in [0.4, 0.5) is 5.69 Å². The summed E-state index contributed by atoms with van der Waals surface area (Å²) in [6.45, 7) is 3.32. The molecule has 1 N–H and O–H groups in total. The Labute approximate surface area is 147 Å². The molecule has 2 aromatic heterocycles. The molecule has 3 rings (SSSR count). The van der Waals surface area contributed by atoms with Gasteiger partial charge in [-0.05, 0) is 42.6 Å². The third-order valence-corrected chi connectivity index (χ3v) is 5.50. The number of rotatable bonds is 5. The molecule has 0 saturated heterocycles. The number of thiophene rings is 1. The molecule has 0 aliphatic heterocycles. The normalized spacial score (nSPS) is 12.1. The van der Waals surface area contributed by atoms with Crippen LogP contribution in [-0.2, 0) is 4.79 Å². The summed E-state index contributed by atoms with van der Waals surface area (Å²) in [4.78, 5) is 32.2. The van der Waals surface area contributed by atoms with Crippen molar-refractivity contribution in [3.05, 3.63) is 47.6 Å². The van der Waals surface area contributed by atoms with Crippen LogP contribution in [0.5, 0.6) is 0 Å². The van der Waals surface area contributed by atoms with Crippen LogP contribution in [0.15, 0.2) is 47.1 Å². The van der Waals surface area contributed by atoms with E-state index in [9.17, 15) is 9.59 Å². The minimum atomic E-state index is -0.267. The number of ketones is 1. The lowest BCUT2D eigenvalue weighted by Crippen LogP contribution is -2.14. The first-order valence-corrected chi connectivity index (χ1v) is 9.07. The number of aromatic nitrogens is 2. The molecule has 2 heterocycles.